The maximum atomic E-state index is 12.9. The van der Waals surface area contributed by atoms with E-state index in [-0.39, 0.29) is 18.8 Å². The van der Waals surface area contributed by atoms with Crippen molar-refractivity contribution in [3.05, 3.63) is 35.9 Å². The van der Waals surface area contributed by atoms with Gasteiger partial charge in [0.25, 0.3) is 0 Å². The van der Waals surface area contributed by atoms with Gasteiger partial charge in [-0.05, 0) is 43.3 Å². The lowest BCUT2D eigenvalue weighted by Gasteiger charge is -2.24. The first-order chi connectivity index (χ1) is 15.5. The molecule has 0 aromatic heterocycles. The first-order valence-corrected chi connectivity index (χ1v) is 12.4. The lowest BCUT2D eigenvalue weighted by atomic mass is 10.0. The molecule has 1 aromatic rings. The number of rotatable bonds is 14. The number of carbonyl (C=O) groups excluding carboxylic acids is 3. The summed E-state index contributed by atoms with van der Waals surface area (Å²) in [5.41, 5.74) is 6.67. The summed E-state index contributed by atoms with van der Waals surface area (Å²) in [6.07, 6.45) is 2.75. The summed E-state index contributed by atoms with van der Waals surface area (Å²) < 4.78 is 0. The summed E-state index contributed by atoms with van der Waals surface area (Å²) in [4.78, 5) is 49.5. The molecule has 0 saturated carbocycles. The fraction of sp³-hybridized carbons (Fsp3) is 0.565. The van der Waals surface area contributed by atoms with Crippen molar-refractivity contribution in [2.24, 2.45) is 11.7 Å². The van der Waals surface area contributed by atoms with Crippen LogP contribution in [0.2, 0.25) is 0 Å². The molecular formula is C23H36N4O5S. The summed E-state index contributed by atoms with van der Waals surface area (Å²) in [7, 11) is 0. The minimum absolute atomic E-state index is 0.167. The van der Waals surface area contributed by atoms with E-state index >= 15 is 0 Å². The van der Waals surface area contributed by atoms with Crippen LogP contribution in [0.3, 0.4) is 0 Å². The van der Waals surface area contributed by atoms with Gasteiger partial charge in [0, 0.05) is 6.42 Å². The molecule has 33 heavy (non-hydrogen) atoms. The van der Waals surface area contributed by atoms with Crippen molar-refractivity contribution in [1.82, 2.24) is 16.0 Å². The number of carbonyl (C=O) groups is 4. The Balaban J connectivity index is 2.90. The molecule has 184 valence electrons. The average molecular weight is 481 g/mol. The number of nitrogens with one attached hydrogen (secondary N) is 3. The summed E-state index contributed by atoms with van der Waals surface area (Å²) in [6.45, 7) is 5.39. The van der Waals surface area contributed by atoms with E-state index in [4.69, 9.17) is 5.73 Å². The SMILES string of the molecule is CSCCC(NC(=O)C(Cc1ccccc1)NC(=O)C(C)NC(=O)C(N)CC(C)C)C(=O)O. The molecule has 0 aliphatic rings. The van der Waals surface area contributed by atoms with E-state index in [1.807, 2.05) is 50.4 Å². The lowest BCUT2D eigenvalue weighted by Crippen LogP contribution is -2.57. The number of thioether (sulfide) groups is 1. The molecule has 0 heterocycles. The van der Waals surface area contributed by atoms with Crippen molar-refractivity contribution >= 4 is 35.5 Å². The minimum Gasteiger partial charge on any atom is -0.480 e. The van der Waals surface area contributed by atoms with Gasteiger partial charge >= 0.3 is 5.97 Å². The van der Waals surface area contributed by atoms with Crippen molar-refractivity contribution in [1.29, 1.82) is 0 Å². The number of hydrogen-bond acceptors (Lipinski definition) is 6. The predicted molar refractivity (Wildman–Crippen MR) is 130 cm³/mol. The summed E-state index contributed by atoms with van der Waals surface area (Å²) >= 11 is 1.48. The molecule has 0 fully saturated rings. The zero-order valence-electron chi connectivity index (χ0n) is 19.7. The van der Waals surface area contributed by atoms with Crippen LogP contribution in [0, 0.1) is 5.92 Å². The number of carboxylic acid groups (broad SMARTS) is 1. The van der Waals surface area contributed by atoms with E-state index in [9.17, 15) is 24.3 Å². The van der Waals surface area contributed by atoms with E-state index < -0.39 is 47.9 Å². The largest absolute Gasteiger partial charge is 0.480 e. The standard InChI is InChI=1S/C23H36N4O5S/c1-14(2)12-17(24)21(29)25-15(3)20(28)27-19(13-16-8-6-5-7-9-16)22(30)26-18(23(31)32)10-11-33-4/h5-9,14-15,17-19H,10-13,24H2,1-4H3,(H,25,29)(H,26,30)(H,27,28)(H,31,32). The van der Waals surface area contributed by atoms with Crippen molar-refractivity contribution in [3.8, 4) is 0 Å². The van der Waals surface area contributed by atoms with Crippen molar-refractivity contribution in [2.45, 2.75) is 64.2 Å². The van der Waals surface area contributed by atoms with Crippen LogP contribution in [-0.4, -0.2) is 65.0 Å². The highest BCUT2D eigenvalue weighted by Gasteiger charge is 2.29. The van der Waals surface area contributed by atoms with Gasteiger partial charge in [-0.25, -0.2) is 4.79 Å². The number of benzene rings is 1. The van der Waals surface area contributed by atoms with Crippen LogP contribution in [0.5, 0.6) is 0 Å². The fourth-order valence-electron chi connectivity index (χ4n) is 3.12. The van der Waals surface area contributed by atoms with E-state index in [0.717, 1.165) is 5.56 Å². The maximum Gasteiger partial charge on any atom is 0.326 e. The third-order valence-corrected chi connectivity index (χ3v) is 5.60. The second kappa shape index (κ2) is 14.5. The zero-order chi connectivity index (χ0) is 25.0. The number of aliphatic carboxylic acids is 1. The molecule has 6 N–H and O–H groups in total. The van der Waals surface area contributed by atoms with Crippen molar-refractivity contribution in [3.63, 3.8) is 0 Å². The van der Waals surface area contributed by atoms with E-state index in [1.54, 1.807) is 0 Å². The van der Waals surface area contributed by atoms with Gasteiger partial charge in [-0.2, -0.15) is 11.8 Å². The lowest BCUT2D eigenvalue weighted by molar-refractivity contribution is -0.142. The predicted octanol–water partition coefficient (Wildman–Crippen LogP) is 0.915. The van der Waals surface area contributed by atoms with Gasteiger partial charge < -0.3 is 26.8 Å². The molecule has 0 radical (unpaired) electrons. The Morgan fingerprint density at radius 2 is 1.55 bits per heavy atom. The highest BCUT2D eigenvalue weighted by molar-refractivity contribution is 7.98. The third-order valence-electron chi connectivity index (χ3n) is 4.96. The summed E-state index contributed by atoms with van der Waals surface area (Å²) in [6, 6.07) is 5.33. The molecular weight excluding hydrogens is 444 g/mol. The number of carboxylic acids is 1. The van der Waals surface area contributed by atoms with Gasteiger partial charge in [0.2, 0.25) is 17.7 Å². The molecule has 0 bridgehead atoms. The first-order valence-electron chi connectivity index (χ1n) is 11.0. The number of nitrogens with two attached hydrogens (primary N) is 1. The second-order valence-corrected chi connectivity index (χ2v) is 9.38. The Kier molecular flexibility index (Phi) is 12.5. The molecule has 9 nitrogen and oxygen atoms in total. The summed E-state index contributed by atoms with van der Waals surface area (Å²) in [5, 5.41) is 17.2. The van der Waals surface area contributed by atoms with Crippen LogP contribution < -0.4 is 21.7 Å². The van der Waals surface area contributed by atoms with Crippen molar-refractivity contribution < 1.29 is 24.3 Å². The smallest absolute Gasteiger partial charge is 0.326 e. The van der Waals surface area contributed by atoms with Gasteiger partial charge in [-0.1, -0.05) is 44.2 Å². The van der Waals surface area contributed by atoms with Crippen LogP contribution in [0.1, 0.15) is 39.2 Å². The number of hydrogen-bond donors (Lipinski definition) is 5. The molecule has 0 spiro atoms. The van der Waals surface area contributed by atoms with Crippen LogP contribution in [0.4, 0.5) is 0 Å². The normalized spacial score (nSPS) is 14.6. The topological polar surface area (TPSA) is 151 Å². The first kappa shape index (κ1) is 28.4. The molecule has 10 heteroatoms. The molecule has 0 aliphatic heterocycles. The van der Waals surface area contributed by atoms with Crippen LogP contribution >= 0.6 is 11.8 Å². The Labute approximate surface area is 199 Å². The van der Waals surface area contributed by atoms with Gasteiger partial charge in [0.1, 0.15) is 18.1 Å². The van der Waals surface area contributed by atoms with Gasteiger partial charge in [-0.15, -0.1) is 0 Å². The Morgan fingerprint density at radius 3 is 2.09 bits per heavy atom. The molecule has 1 aromatic carbocycles. The van der Waals surface area contributed by atoms with E-state index in [2.05, 4.69) is 16.0 Å². The molecule has 4 atom stereocenters. The van der Waals surface area contributed by atoms with Crippen LogP contribution in [0.25, 0.3) is 0 Å². The quantitative estimate of drug-likeness (QED) is 0.266. The fourth-order valence-corrected chi connectivity index (χ4v) is 3.59. The van der Waals surface area contributed by atoms with E-state index in [1.165, 1.54) is 18.7 Å². The highest BCUT2D eigenvalue weighted by Crippen LogP contribution is 2.07. The maximum absolute atomic E-state index is 12.9. The Morgan fingerprint density at radius 1 is 0.939 bits per heavy atom. The summed E-state index contributed by atoms with van der Waals surface area (Å²) in [5.74, 6) is -1.96. The van der Waals surface area contributed by atoms with Crippen LogP contribution in [-0.2, 0) is 25.6 Å². The molecule has 4 unspecified atom stereocenters. The third kappa shape index (κ3) is 10.7. The molecule has 3 amide bonds. The number of amides is 3. The Hall–Kier alpha value is -2.59. The van der Waals surface area contributed by atoms with Gasteiger partial charge in [0.15, 0.2) is 0 Å². The molecule has 0 saturated heterocycles. The van der Waals surface area contributed by atoms with Gasteiger partial charge in [0.05, 0.1) is 6.04 Å². The minimum atomic E-state index is -1.14. The zero-order valence-corrected chi connectivity index (χ0v) is 20.5. The molecule has 1 rings (SSSR count). The van der Waals surface area contributed by atoms with E-state index in [0.29, 0.717) is 12.2 Å². The average Bonchev–Trinajstić information content (AvgIpc) is 2.75. The Bertz CT molecular complexity index is 790. The highest BCUT2D eigenvalue weighted by atomic mass is 32.2. The monoisotopic (exact) mass is 480 g/mol. The molecule has 0 aliphatic carbocycles. The van der Waals surface area contributed by atoms with Gasteiger partial charge in [-0.3, -0.25) is 14.4 Å². The van der Waals surface area contributed by atoms with Crippen molar-refractivity contribution in [2.75, 3.05) is 12.0 Å². The second-order valence-electron chi connectivity index (χ2n) is 8.40. The van der Waals surface area contributed by atoms with Crippen LogP contribution in [0.15, 0.2) is 30.3 Å².